The van der Waals surface area contributed by atoms with Crippen LogP contribution in [0.2, 0.25) is 0 Å². The highest BCUT2D eigenvalue weighted by Gasteiger charge is 2.28. The van der Waals surface area contributed by atoms with Crippen LogP contribution in [0, 0.1) is 0 Å². The molecule has 2 heterocycles. The Balaban J connectivity index is 2.06. The fourth-order valence-electron chi connectivity index (χ4n) is 2.29. The Morgan fingerprint density at radius 1 is 1.47 bits per heavy atom. The van der Waals surface area contributed by atoms with Crippen LogP contribution in [0.5, 0.6) is 0 Å². The van der Waals surface area contributed by atoms with Gasteiger partial charge in [0.25, 0.3) is 0 Å². The minimum absolute atomic E-state index is 0.0512. The van der Waals surface area contributed by atoms with E-state index in [9.17, 15) is 4.79 Å². The molecular weight excluding hydrogens is 216 g/mol. The third-order valence-electron chi connectivity index (χ3n) is 3.20. The number of carbonyl (C=O) groups is 1. The first-order chi connectivity index (χ1) is 8.15. The first-order valence-electron chi connectivity index (χ1n) is 5.63. The molecule has 1 saturated heterocycles. The van der Waals surface area contributed by atoms with Gasteiger partial charge in [-0.05, 0) is 18.2 Å². The molecule has 2 aromatic rings. The normalized spacial score (nSPS) is 20.5. The van der Waals surface area contributed by atoms with Gasteiger partial charge >= 0.3 is 0 Å². The standard InChI is InChI=1S/C12H14N4O/c1-15-11-5-10(3-2-8(11)6-14-15)16-7-9(13)4-12(16)17/h2-3,5-6,9H,4,7,13H2,1H3. The maximum atomic E-state index is 11.8. The summed E-state index contributed by atoms with van der Waals surface area (Å²) in [6, 6.07) is 5.86. The molecule has 1 unspecified atom stereocenters. The molecule has 0 radical (unpaired) electrons. The second-order valence-corrected chi connectivity index (χ2v) is 4.48. The summed E-state index contributed by atoms with van der Waals surface area (Å²) < 4.78 is 1.80. The van der Waals surface area contributed by atoms with Crippen molar-refractivity contribution in [2.75, 3.05) is 11.4 Å². The lowest BCUT2D eigenvalue weighted by Crippen LogP contribution is -2.27. The van der Waals surface area contributed by atoms with Crippen molar-refractivity contribution in [3.05, 3.63) is 24.4 Å². The van der Waals surface area contributed by atoms with Crippen LogP contribution in [0.15, 0.2) is 24.4 Å². The summed E-state index contributed by atoms with van der Waals surface area (Å²) in [7, 11) is 1.89. The van der Waals surface area contributed by atoms with Gasteiger partial charge in [-0.15, -0.1) is 0 Å². The second-order valence-electron chi connectivity index (χ2n) is 4.48. The van der Waals surface area contributed by atoms with Crippen molar-refractivity contribution in [1.29, 1.82) is 0 Å². The Morgan fingerprint density at radius 3 is 3.00 bits per heavy atom. The summed E-state index contributed by atoms with van der Waals surface area (Å²) in [5.41, 5.74) is 7.72. The molecule has 1 aliphatic heterocycles. The van der Waals surface area contributed by atoms with Crippen molar-refractivity contribution in [3.8, 4) is 0 Å². The van der Waals surface area contributed by atoms with Crippen LogP contribution in [-0.2, 0) is 11.8 Å². The zero-order valence-electron chi connectivity index (χ0n) is 9.63. The monoisotopic (exact) mass is 230 g/mol. The van der Waals surface area contributed by atoms with Crippen LogP contribution in [0.25, 0.3) is 10.9 Å². The van der Waals surface area contributed by atoms with Gasteiger partial charge in [0.2, 0.25) is 5.91 Å². The molecule has 5 heteroatoms. The summed E-state index contributed by atoms with van der Waals surface area (Å²) in [6.07, 6.45) is 2.25. The molecule has 1 amide bonds. The van der Waals surface area contributed by atoms with E-state index in [1.807, 2.05) is 31.4 Å². The summed E-state index contributed by atoms with van der Waals surface area (Å²) >= 11 is 0. The molecule has 1 aliphatic rings. The van der Waals surface area contributed by atoms with Gasteiger partial charge in [-0.25, -0.2) is 0 Å². The van der Waals surface area contributed by atoms with E-state index in [2.05, 4.69) is 5.10 Å². The molecular formula is C12H14N4O. The Bertz CT molecular complexity index is 589. The maximum absolute atomic E-state index is 11.8. The minimum atomic E-state index is -0.0512. The first kappa shape index (κ1) is 10.3. The Kier molecular flexibility index (Phi) is 2.16. The molecule has 0 aliphatic carbocycles. The molecule has 2 N–H and O–H groups in total. The van der Waals surface area contributed by atoms with Crippen molar-refractivity contribution in [2.24, 2.45) is 12.8 Å². The number of anilines is 1. The van der Waals surface area contributed by atoms with E-state index in [-0.39, 0.29) is 11.9 Å². The molecule has 1 fully saturated rings. The molecule has 17 heavy (non-hydrogen) atoms. The number of nitrogens with zero attached hydrogens (tertiary/aromatic N) is 3. The van der Waals surface area contributed by atoms with E-state index < -0.39 is 0 Å². The highest BCUT2D eigenvalue weighted by molar-refractivity contribution is 5.98. The lowest BCUT2D eigenvalue weighted by molar-refractivity contribution is -0.117. The van der Waals surface area contributed by atoms with Crippen molar-refractivity contribution in [2.45, 2.75) is 12.5 Å². The van der Waals surface area contributed by atoms with Crippen molar-refractivity contribution < 1.29 is 4.79 Å². The number of hydrogen-bond acceptors (Lipinski definition) is 3. The van der Waals surface area contributed by atoms with Crippen LogP contribution in [0.3, 0.4) is 0 Å². The van der Waals surface area contributed by atoms with Gasteiger partial charge in [0, 0.05) is 37.1 Å². The molecule has 1 aromatic carbocycles. The van der Waals surface area contributed by atoms with Crippen molar-refractivity contribution in [1.82, 2.24) is 9.78 Å². The predicted octanol–water partition coefficient (Wildman–Crippen LogP) is 0.637. The molecule has 1 atom stereocenters. The van der Waals surface area contributed by atoms with Crippen LogP contribution in [-0.4, -0.2) is 28.3 Å². The van der Waals surface area contributed by atoms with Gasteiger partial charge < -0.3 is 10.6 Å². The van der Waals surface area contributed by atoms with Crippen LogP contribution in [0.4, 0.5) is 5.69 Å². The van der Waals surface area contributed by atoms with Gasteiger partial charge in [0.1, 0.15) is 0 Å². The molecule has 1 aromatic heterocycles. The lowest BCUT2D eigenvalue weighted by Gasteiger charge is -2.16. The third-order valence-corrected chi connectivity index (χ3v) is 3.20. The zero-order valence-corrected chi connectivity index (χ0v) is 9.63. The second kappa shape index (κ2) is 3.56. The Morgan fingerprint density at radius 2 is 2.29 bits per heavy atom. The number of aromatic nitrogens is 2. The van der Waals surface area contributed by atoms with Crippen LogP contribution < -0.4 is 10.6 Å². The third kappa shape index (κ3) is 1.59. The van der Waals surface area contributed by atoms with E-state index >= 15 is 0 Å². The summed E-state index contributed by atoms with van der Waals surface area (Å²) in [4.78, 5) is 13.5. The number of fused-ring (bicyclic) bond motifs is 1. The van der Waals surface area contributed by atoms with Crippen LogP contribution >= 0.6 is 0 Å². The highest BCUT2D eigenvalue weighted by atomic mass is 16.2. The maximum Gasteiger partial charge on any atom is 0.228 e. The Hall–Kier alpha value is -1.88. The smallest absolute Gasteiger partial charge is 0.228 e. The quantitative estimate of drug-likeness (QED) is 0.781. The molecule has 0 bridgehead atoms. The number of aryl methyl sites for hydroxylation is 1. The Labute approximate surface area is 98.8 Å². The summed E-state index contributed by atoms with van der Waals surface area (Å²) in [6.45, 7) is 0.599. The van der Waals surface area contributed by atoms with Gasteiger partial charge in [0.05, 0.1) is 11.7 Å². The van der Waals surface area contributed by atoms with E-state index in [1.165, 1.54) is 0 Å². The van der Waals surface area contributed by atoms with Gasteiger partial charge in [0.15, 0.2) is 0 Å². The van der Waals surface area contributed by atoms with Gasteiger partial charge in [-0.1, -0.05) is 0 Å². The topological polar surface area (TPSA) is 64.2 Å². The molecule has 0 spiro atoms. The zero-order chi connectivity index (χ0) is 12.0. The average Bonchev–Trinajstić information content (AvgIpc) is 2.83. The number of benzene rings is 1. The summed E-state index contributed by atoms with van der Waals surface area (Å²) in [5.74, 6) is 0.0963. The number of carbonyl (C=O) groups excluding carboxylic acids is 1. The first-order valence-corrected chi connectivity index (χ1v) is 5.63. The number of amides is 1. The van der Waals surface area contributed by atoms with Crippen LogP contribution in [0.1, 0.15) is 6.42 Å². The SMILES string of the molecule is Cn1ncc2ccc(N3CC(N)CC3=O)cc21. The molecule has 0 saturated carbocycles. The van der Waals surface area contributed by atoms with E-state index in [0.29, 0.717) is 13.0 Å². The fraction of sp³-hybridized carbons (Fsp3) is 0.333. The summed E-state index contributed by atoms with van der Waals surface area (Å²) in [5, 5.41) is 5.26. The van der Waals surface area contributed by atoms with Crippen molar-refractivity contribution in [3.63, 3.8) is 0 Å². The molecule has 88 valence electrons. The predicted molar refractivity (Wildman–Crippen MR) is 65.7 cm³/mol. The molecule has 3 rings (SSSR count). The number of nitrogens with two attached hydrogens (primary N) is 1. The number of rotatable bonds is 1. The average molecular weight is 230 g/mol. The lowest BCUT2D eigenvalue weighted by atomic mass is 10.2. The highest BCUT2D eigenvalue weighted by Crippen LogP contribution is 2.25. The van der Waals surface area contributed by atoms with E-state index in [4.69, 9.17) is 5.73 Å². The van der Waals surface area contributed by atoms with E-state index in [0.717, 1.165) is 16.6 Å². The van der Waals surface area contributed by atoms with Crippen molar-refractivity contribution >= 4 is 22.5 Å². The largest absolute Gasteiger partial charge is 0.326 e. The number of hydrogen-bond donors (Lipinski definition) is 1. The minimum Gasteiger partial charge on any atom is -0.326 e. The van der Waals surface area contributed by atoms with E-state index in [1.54, 1.807) is 9.58 Å². The fourth-order valence-corrected chi connectivity index (χ4v) is 2.29. The van der Waals surface area contributed by atoms with Gasteiger partial charge in [-0.3, -0.25) is 9.48 Å². The molecule has 5 nitrogen and oxygen atoms in total. The van der Waals surface area contributed by atoms with Gasteiger partial charge in [-0.2, -0.15) is 5.10 Å².